The van der Waals surface area contributed by atoms with E-state index in [0.29, 0.717) is 6.42 Å². The molecule has 0 radical (unpaired) electrons. The second-order valence-corrected chi connectivity index (χ2v) is 6.98. The van der Waals surface area contributed by atoms with E-state index in [9.17, 15) is 13.2 Å². The maximum Gasteiger partial charge on any atom is 0.156 e. The van der Waals surface area contributed by atoms with E-state index < -0.39 is 9.84 Å². The Kier molecular flexibility index (Phi) is 3.71. The molecule has 1 heterocycles. The van der Waals surface area contributed by atoms with Crippen LogP contribution in [-0.4, -0.2) is 31.7 Å². The van der Waals surface area contributed by atoms with Crippen LogP contribution in [0.2, 0.25) is 0 Å². The maximum atomic E-state index is 11.9. The van der Waals surface area contributed by atoms with Crippen LogP contribution >= 0.6 is 0 Å². The number of ketones is 1. The number of rotatable bonds is 5. The molecule has 4 nitrogen and oxygen atoms in total. The monoisotopic (exact) mass is 267 g/mol. The summed E-state index contributed by atoms with van der Waals surface area (Å²) in [4.78, 5) is 11.9. The van der Waals surface area contributed by atoms with Crippen molar-refractivity contribution in [3.63, 3.8) is 0 Å². The molecule has 18 heavy (non-hydrogen) atoms. The zero-order valence-corrected chi connectivity index (χ0v) is 11.2. The molecule has 0 aromatic heterocycles. The number of carbonyl (C=O) groups is 1. The Hall–Kier alpha value is -1.36. The molecule has 0 bridgehead atoms. The lowest BCUT2D eigenvalue weighted by atomic mass is 10.1. The van der Waals surface area contributed by atoms with Gasteiger partial charge in [0, 0.05) is 24.3 Å². The first kappa shape index (κ1) is 13.1. The summed E-state index contributed by atoms with van der Waals surface area (Å²) in [5.41, 5.74) is 2.10. The molecule has 0 spiro atoms. The average molecular weight is 267 g/mol. The molecule has 0 amide bonds. The van der Waals surface area contributed by atoms with Crippen LogP contribution in [0.1, 0.15) is 18.9 Å². The predicted octanol–water partition coefficient (Wildman–Crippen LogP) is 1.42. The minimum absolute atomic E-state index is 0.0248. The van der Waals surface area contributed by atoms with E-state index in [1.54, 1.807) is 6.92 Å². The molecule has 5 heteroatoms. The third-order valence-electron chi connectivity index (χ3n) is 3.26. The Morgan fingerprint density at radius 2 is 2.11 bits per heavy atom. The number of hydrogen-bond acceptors (Lipinski definition) is 4. The van der Waals surface area contributed by atoms with Gasteiger partial charge in [-0.15, -0.1) is 0 Å². The zero-order chi connectivity index (χ0) is 13.2. The zero-order valence-electron chi connectivity index (χ0n) is 10.3. The number of carbonyl (C=O) groups excluding carboxylic acids is 1. The molecule has 2 rings (SSSR count). The van der Waals surface area contributed by atoms with Gasteiger partial charge in [-0.05, 0) is 11.6 Å². The largest absolute Gasteiger partial charge is 0.375 e. The number of benzene rings is 1. The van der Waals surface area contributed by atoms with Gasteiger partial charge in [0.1, 0.15) is 9.84 Å². The van der Waals surface area contributed by atoms with Crippen molar-refractivity contribution in [2.45, 2.75) is 25.8 Å². The fraction of sp³-hybridized carbons (Fsp3) is 0.462. The number of fused-ring (bicyclic) bond motifs is 1. The number of nitrogens with one attached hydrogen (secondary N) is 1. The highest BCUT2D eigenvalue weighted by atomic mass is 32.2. The van der Waals surface area contributed by atoms with Gasteiger partial charge in [-0.1, -0.05) is 25.1 Å². The first-order valence-corrected chi connectivity index (χ1v) is 7.91. The molecule has 98 valence electrons. The number of sulfone groups is 1. The summed E-state index contributed by atoms with van der Waals surface area (Å²) in [6.07, 6.45) is 0.753. The normalized spacial score (nSPS) is 18.2. The summed E-state index contributed by atoms with van der Waals surface area (Å²) in [6.45, 7) is 1.60. The lowest BCUT2D eigenvalue weighted by Gasteiger charge is -2.09. The van der Waals surface area contributed by atoms with Crippen molar-refractivity contribution in [1.29, 1.82) is 0 Å². The van der Waals surface area contributed by atoms with Gasteiger partial charge >= 0.3 is 0 Å². The maximum absolute atomic E-state index is 11.9. The van der Waals surface area contributed by atoms with Crippen LogP contribution in [0.15, 0.2) is 24.3 Å². The van der Waals surface area contributed by atoms with Crippen molar-refractivity contribution >= 4 is 21.3 Å². The van der Waals surface area contributed by atoms with E-state index >= 15 is 0 Å². The molecule has 1 unspecified atom stereocenters. The van der Waals surface area contributed by atoms with Gasteiger partial charge in [0.25, 0.3) is 0 Å². The van der Waals surface area contributed by atoms with Crippen molar-refractivity contribution in [3.05, 3.63) is 29.8 Å². The molecule has 1 aromatic carbocycles. The van der Waals surface area contributed by atoms with Crippen LogP contribution in [0.4, 0.5) is 5.69 Å². The smallest absolute Gasteiger partial charge is 0.156 e. The van der Waals surface area contributed by atoms with Gasteiger partial charge < -0.3 is 5.32 Å². The third kappa shape index (κ3) is 2.90. The lowest BCUT2D eigenvalue weighted by Crippen LogP contribution is -2.28. The summed E-state index contributed by atoms with van der Waals surface area (Å²) >= 11 is 0. The minimum atomic E-state index is -3.06. The second kappa shape index (κ2) is 5.10. The van der Waals surface area contributed by atoms with Crippen LogP contribution in [0.3, 0.4) is 0 Å². The number of Topliss-reactive ketones (excluding diaryl/α,β-unsaturated/α-hetero) is 1. The van der Waals surface area contributed by atoms with Crippen molar-refractivity contribution in [2.24, 2.45) is 0 Å². The molecule has 0 saturated carbocycles. The number of hydrogen-bond donors (Lipinski definition) is 1. The summed E-state index contributed by atoms with van der Waals surface area (Å²) in [5.74, 6) is 0.0263. The van der Waals surface area contributed by atoms with Crippen molar-refractivity contribution in [3.8, 4) is 0 Å². The molecule has 0 fully saturated rings. The molecule has 0 saturated heterocycles. The highest BCUT2D eigenvalue weighted by Gasteiger charge is 2.26. The Labute approximate surface area is 107 Å². The Morgan fingerprint density at radius 3 is 2.78 bits per heavy atom. The van der Waals surface area contributed by atoms with E-state index in [4.69, 9.17) is 0 Å². The fourth-order valence-electron chi connectivity index (χ4n) is 2.07. The molecule has 1 N–H and O–H groups in total. The Morgan fingerprint density at radius 1 is 1.39 bits per heavy atom. The van der Waals surface area contributed by atoms with Gasteiger partial charge in [0.2, 0.25) is 0 Å². The van der Waals surface area contributed by atoms with Gasteiger partial charge in [-0.2, -0.15) is 0 Å². The molecule has 1 aromatic rings. The van der Waals surface area contributed by atoms with Crippen LogP contribution in [0, 0.1) is 0 Å². The molecule has 1 atom stereocenters. The van der Waals surface area contributed by atoms with Crippen LogP contribution in [0.25, 0.3) is 0 Å². The van der Waals surface area contributed by atoms with E-state index in [1.165, 1.54) is 0 Å². The summed E-state index contributed by atoms with van der Waals surface area (Å²) in [5, 5.41) is 3.14. The first-order valence-electron chi connectivity index (χ1n) is 6.09. The van der Waals surface area contributed by atoms with E-state index in [1.807, 2.05) is 24.3 Å². The van der Waals surface area contributed by atoms with Crippen LogP contribution < -0.4 is 5.32 Å². The standard InChI is InChI=1S/C13H17NO3S/c1-2-18(16,17)8-7-13(15)12-9-10-5-3-4-6-11(10)14-12/h3-6,12,14H,2,7-9H2,1H3. The highest BCUT2D eigenvalue weighted by molar-refractivity contribution is 7.91. The summed E-state index contributed by atoms with van der Waals surface area (Å²) in [6, 6.07) is 7.51. The van der Waals surface area contributed by atoms with Gasteiger partial charge in [-0.25, -0.2) is 8.42 Å². The van der Waals surface area contributed by atoms with Gasteiger partial charge in [0.15, 0.2) is 5.78 Å². The van der Waals surface area contributed by atoms with Crippen molar-refractivity contribution < 1.29 is 13.2 Å². The molecule has 0 aliphatic carbocycles. The van der Waals surface area contributed by atoms with E-state index in [-0.39, 0.29) is 29.8 Å². The SMILES string of the molecule is CCS(=O)(=O)CCC(=O)C1Cc2ccccc2N1. The summed E-state index contributed by atoms with van der Waals surface area (Å²) in [7, 11) is -3.06. The Bertz CT molecular complexity index is 526. The first-order chi connectivity index (χ1) is 8.52. The quantitative estimate of drug-likeness (QED) is 0.876. The van der Waals surface area contributed by atoms with Crippen LogP contribution in [-0.2, 0) is 21.1 Å². The average Bonchev–Trinajstić information content (AvgIpc) is 2.80. The Balaban J connectivity index is 1.94. The van der Waals surface area contributed by atoms with Crippen molar-refractivity contribution in [2.75, 3.05) is 16.8 Å². The number of anilines is 1. The lowest BCUT2D eigenvalue weighted by molar-refractivity contribution is -0.119. The van der Waals surface area contributed by atoms with Gasteiger partial charge in [0.05, 0.1) is 11.8 Å². The third-order valence-corrected chi connectivity index (χ3v) is 4.96. The molecular formula is C13H17NO3S. The van der Waals surface area contributed by atoms with Crippen molar-refractivity contribution in [1.82, 2.24) is 0 Å². The fourth-order valence-corrected chi connectivity index (χ4v) is 2.87. The minimum Gasteiger partial charge on any atom is -0.375 e. The number of para-hydroxylation sites is 1. The highest BCUT2D eigenvalue weighted by Crippen LogP contribution is 2.25. The van der Waals surface area contributed by atoms with E-state index in [0.717, 1.165) is 11.3 Å². The van der Waals surface area contributed by atoms with E-state index in [2.05, 4.69) is 5.32 Å². The van der Waals surface area contributed by atoms with Crippen LogP contribution in [0.5, 0.6) is 0 Å². The molecule has 1 aliphatic rings. The molecular weight excluding hydrogens is 250 g/mol. The predicted molar refractivity (Wildman–Crippen MR) is 71.5 cm³/mol. The summed E-state index contributed by atoms with van der Waals surface area (Å²) < 4.78 is 22.7. The van der Waals surface area contributed by atoms with Gasteiger partial charge in [-0.3, -0.25) is 4.79 Å². The molecule has 1 aliphatic heterocycles. The topological polar surface area (TPSA) is 63.2 Å². The second-order valence-electron chi connectivity index (χ2n) is 4.51.